The first kappa shape index (κ1) is 17.3. The van der Waals surface area contributed by atoms with Gasteiger partial charge in [0.1, 0.15) is 0 Å². The van der Waals surface area contributed by atoms with E-state index in [2.05, 4.69) is 48.1 Å². The Bertz CT molecular complexity index is 444. The van der Waals surface area contributed by atoms with Gasteiger partial charge < -0.3 is 14.8 Å². The van der Waals surface area contributed by atoms with Crippen LogP contribution in [0.3, 0.4) is 0 Å². The summed E-state index contributed by atoms with van der Waals surface area (Å²) in [4.78, 5) is 0. The minimum atomic E-state index is 0.114. The van der Waals surface area contributed by atoms with Crippen molar-refractivity contribution in [1.29, 1.82) is 0 Å². The second-order valence-corrected chi connectivity index (χ2v) is 6.72. The van der Waals surface area contributed by atoms with E-state index in [1.807, 2.05) is 19.9 Å². The lowest BCUT2D eigenvalue weighted by atomic mass is 10.0. The highest BCUT2D eigenvalue weighted by Crippen LogP contribution is 2.37. The second kappa shape index (κ2) is 7.32. The van der Waals surface area contributed by atoms with Crippen LogP contribution in [0.2, 0.25) is 0 Å². The average Bonchev–Trinajstić information content (AvgIpc) is 2.38. The number of methoxy groups -OCH3 is 1. The molecule has 0 heterocycles. The number of benzene rings is 1. The van der Waals surface area contributed by atoms with Gasteiger partial charge in [-0.05, 0) is 67.7 Å². The normalized spacial score (nSPS) is 11.8. The van der Waals surface area contributed by atoms with Gasteiger partial charge in [0.2, 0.25) is 0 Å². The van der Waals surface area contributed by atoms with E-state index in [9.17, 15) is 0 Å². The van der Waals surface area contributed by atoms with Gasteiger partial charge in [-0.15, -0.1) is 0 Å². The number of halogens is 1. The summed E-state index contributed by atoms with van der Waals surface area (Å²) in [6.45, 7) is 11.4. The van der Waals surface area contributed by atoms with Gasteiger partial charge in [-0.1, -0.05) is 6.92 Å². The van der Waals surface area contributed by atoms with E-state index in [0.29, 0.717) is 0 Å². The van der Waals surface area contributed by atoms with E-state index >= 15 is 0 Å². The van der Waals surface area contributed by atoms with Crippen molar-refractivity contribution in [3.05, 3.63) is 22.2 Å². The molecule has 4 heteroatoms. The van der Waals surface area contributed by atoms with Crippen LogP contribution in [0.15, 0.2) is 16.6 Å². The molecule has 0 radical (unpaired) electrons. The van der Waals surface area contributed by atoms with Crippen LogP contribution in [-0.2, 0) is 6.54 Å². The standard InChI is InChI=1S/C16H26BrNO2/c1-7-16(4,5)18-10-12-8-13(17)15(20-11(2)3)14(9-12)19-6/h8-9,11,18H,7,10H2,1-6H3. The third-order valence-corrected chi connectivity index (χ3v) is 3.89. The Hall–Kier alpha value is -0.740. The van der Waals surface area contributed by atoms with E-state index < -0.39 is 0 Å². The Morgan fingerprint density at radius 2 is 1.95 bits per heavy atom. The summed E-state index contributed by atoms with van der Waals surface area (Å²) in [6.07, 6.45) is 1.20. The Morgan fingerprint density at radius 3 is 2.45 bits per heavy atom. The van der Waals surface area contributed by atoms with Gasteiger partial charge in [0, 0.05) is 12.1 Å². The molecule has 0 amide bonds. The molecule has 0 aliphatic carbocycles. The van der Waals surface area contributed by atoms with Crippen LogP contribution >= 0.6 is 15.9 Å². The van der Waals surface area contributed by atoms with Crippen LogP contribution < -0.4 is 14.8 Å². The van der Waals surface area contributed by atoms with Crippen molar-refractivity contribution in [2.75, 3.05) is 7.11 Å². The lowest BCUT2D eigenvalue weighted by Gasteiger charge is -2.25. The molecule has 20 heavy (non-hydrogen) atoms. The molecule has 0 spiro atoms. The maximum Gasteiger partial charge on any atom is 0.175 e. The molecule has 0 aliphatic heterocycles. The fourth-order valence-electron chi connectivity index (χ4n) is 1.69. The monoisotopic (exact) mass is 343 g/mol. The second-order valence-electron chi connectivity index (χ2n) is 5.87. The maximum absolute atomic E-state index is 5.80. The fraction of sp³-hybridized carbons (Fsp3) is 0.625. The average molecular weight is 344 g/mol. The van der Waals surface area contributed by atoms with E-state index in [4.69, 9.17) is 9.47 Å². The lowest BCUT2D eigenvalue weighted by molar-refractivity contribution is 0.228. The first-order valence-electron chi connectivity index (χ1n) is 7.07. The molecule has 0 saturated carbocycles. The number of rotatable bonds is 7. The maximum atomic E-state index is 5.80. The van der Waals surface area contributed by atoms with Gasteiger partial charge in [0.15, 0.2) is 11.5 Å². The molecule has 1 aromatic carbocycles. The van der Waals surface area contributed by atoms with E-state index in [0.717, 1.165) is 28.9 Å². The summed E-state index contributed by atoms with van der Waals surface area (Å²) in [5.74, 6) is 1.53. The molecule has 1 N–H and O–H groups in total. The smallest absolute Gasteiger partial charge is 0.175 e. The molecule has 0 unspecified atom stereocenters. The molecular weight excluding hydrogens is 318 g/mol. The van der Waals surface area contributed by atoms with E-state index in [1.54, 1.807) is 7.11 Å². The molecule has 114 valence electrons. The van der Waals surface area contributed by atoms with Gasteiger partial charge in [-0.2, -0.15) is 0 Å². The Kier molecular flexibility index (Phi) is 6.34. The molecule has 0 fully saturated rings. The summed E-state index contributed by atoms with van der Waals surface area (Å²) < 4.78 is 12.2. The highest BCUT2D eigenvalue weighted by atomic mass is 79.9. The molecule has 0 atom stereocenters. The van der Waals surface area contributed by atoms with Crippen molar-refractivity contribution in [2.45, 2.75) is 59.2 Å². The molecule has 0 bridgehead atoms. The first-order chi connectivity index (χ1) is 9.29. The predicted octanol–water partition coefficient (Wildman–Crippen LogP) is 4.52. The zero-order valence-corrected chi connectivity index (χ0v) is 14.9. The quantitative estimate of drug-likeness (QED) is 0.789. The Labute approximate surface area is 131 Å². The number of hydrogen-bond donors (Lipinski definition) is 1. The van der Waals surface area contributed by atoms with E-state index in [-0.39, 0.29) is 11.6 Å². The van der Waals surface area contributed by atoms with E-state index in [1.165, 1.54) is 5.56 Å². The van der Waals surface area contributed by atoms with Gasteiger partial charge in [-0.3, -0.25) is 0 Å². The number of hydrogen-bond acceptors (Lipinski definition) is 3. The van der Waals surface area contributed by atoms with Crippen molar-refractivity contribution in [3.8, 4) is 11.5 Å². The zero-order valence-electron chi connectivity index (χ0n) is 13.3. The molecule has 0 saturated heterocycles. The number of ether oxygens (including phenoxy) is 2. The minimum Gasteiger partial charge on any atom is -0.493 e. The highest BCUT2D eigenvalue weighted by Gasteiger charge is 2.16. The summed E-state index contributed by atoms with van der Waals surface area (Å²) in [5, 5.41) is 3.55. The molecule has 1 aromatic rings. The summed E-state index contributed by atoms with van der Waals surface area (Å²) >= 11 is 3.57. The SMILES string of the molecule is CCC(C)(C)NCc1cc(Br)c(OC(C)C)c(OC)c1. The summed E-state index contributed by atoms with van der Waals surface area (Å²) in [5.41, 5.74) is 1.30. The third-order valence-electron chi connectivity index (χ3n) is 3.30. The minimum absolute atomic E-state index is 0.114. The van der Waals surface area contributed by atoms with Gasteiger partial charge in [0.05, 0.1) is 17.7 Å². The molecule has 3 nitrogen and oxygen atoms in total. The first-order valence-corrected chi connectivity index (χ1v) is 7.86. The fourth-order valence-corrected chi connectivity index (χ4v) is 2.27. The lowest BCUT2D eigenvalue weighted by Crippen LogP contribution is -2.37. The molecule has 0 aromatic heterocycles. The van der Waals surface area contributed by atoms with Crippen molar-refractivity contribution < 1.29 is 9.47 Å². The van der Waals surface area contributed by atoms with Crippen molar-refractivity contribution >= 4 is 15.9 Å². The van der Waals surface area contributed by atoms with Crippen LogP contribution in [0.4, 0.5) is 0 Å². The molecular formula is C16H26BrNO2. The molecule has 0 aliphatic rings. The predicted molar refractivity (Wildman–Crippen MR) is 87.7 cm³/mol. The molecule has 1 rings (SSSR count). The Balaban J connectivity index is 2.93. The van der Waals surface area contributed by atoms with Crippen LogP contribution in [0.25, 0.3) is 0 Å². The van der Waals surface area contributed by atoms with Gasteiger partial charge in [-0.25, -0.2) is 0 Å². The topological polar surface area (TPSA) is 30.5 Å². The number of nitrogens with one attached hydrogen (secondary N) is 1. The largest absolute Gasteiger partial charge is 0.493 e. The van der Waals surface area contributed by atoms with Gasteiger partial charge >= 0.3 is 0 Å². The van der Waals surface area contributed by atoms with Crippen molar-refractivity contribution in [3.63, 3.8) is 0 Å². The summed E-state index contributed by atoms with van der Waals surface area (Å²) in [6, 6.07) is 4.11. The van der Waals surface area contributed by atoms with Crippen LogP contribution in [0.1, 0.15) is 46.6 Å². The van der Waals surface area contributed by atoms with Crippen LogP contribution in [0.5, 0.6) is 11.5 Å². The third kappa shape index (κ3) is 4.98. The van der Waals surface area contributed by atoms with Crippen molar-refractivity contribution in [2.24, 2.45) is 0 Å². The Morgan fingerprint density at radius 1 is 1.30 bits per heavy atom. The summed E-state index contributed by atoms with van der Waals surface area (Å²) in [7, 11) is 1.67. The highest BCUT2D eigenvalue weighted by molar-refractivity contribution is 9.10. The van der Waals surface area contributed by atoms with Gasteiger partial charge in [0.25, 0.3) is 0 Å². The van der Waals surface area contributed by atoms with Crippen LogP contribution in [-0.4, -0.2) is 18.8 Å². The van der Waals surface area contributed by atoms with Crippen LogP contribution in [0, 0.1) is 0 Å². The van der Waals surface area contributed by atoms with Crippen molar-refractivity contribution in [1.82, 2.24) is 5.32 Å². The zero-order chi connectivity index (χ0) is 15.3.